The first kappa shape index (κ1) is 13.8. The number of nitrogen functional groups attached to an aromatic ring is 1. The Morgan fingerprint density at radius 2 is 2.05 bits per heavy atom. The van der Waals surface area contributed by atoms with E-state index in [9.17, 15) is 8.42 Å². The lowest BCUT2D eigenvalue weighted by molar-refractivity contribution is 0.601. The van der Waals surface area contributed by atoms with Crippen molar-refractivity contribution in [2.75, 3.05) is 10.5 Å². The van der Waals surface area contributed by atoms with Crippen LogP contribution in [0.2, 0.25) is 0 Å². The van der Waals surface area contributed by atoms with Crippen molar-refractivity contribution in [2.45, 2.75) is 11.8 Å². The molecule has 0 saturated heterocycles. The number of nitrogens with two attached hydrogens (primary N) is 1. The Balaban J connectivity index is 2.39. The van der Waals surface area contributed by atoms with Crippen molar-refractivity contribution in [1.82, 2.24) is 4.98 Å². The molecule has 0 amide bonds. The molecule has 1 aromatic heterocycles. The van der Waals surface area contributed by atoms with Gasteiger partial charge in [0.1, 0.15) is 4.90 Å². The molecular formula is C13H12N4O2S. The summed E-state index contributed by atoms with van der Waals surface area (Å²) in [4.78, 5) is 3.92. The highest BCUT2D eigenvalue weighted by Crippen LogP contribution is 2.22. The summed E-state index contributed by atoms with van der Waals surface area (Å²) < 4.78 is 26.9. The van der Waals surface area contributed by atoms with Crippen LogP contribution in [0.25, 0.3) is 0 Å². The van der Waals surface area contributed by atoms with Gasteiger partial charge in [-0.05, 0) is 37.3 Å². The van der Waals surface area contributed by atoms with Gasteiger partial charge in [-0.15, -0.1) is 0 Å². The average Bonchev–Trinajstić information content (AvgIpc) is 2.37. The normalized spacial score (nSPS) is 10.8. The lowest BCUT2D eigenvalue weighted by atomic mass is 10.2. The number of benzene rings is 1. The van der Waals surface area contributed by atoms with Gasteiger partial charge in [-0.2, -0.15) is 5.26 Å². The summed E-state index contributed by atoms with van der Waals surface area (Å²) in [6.07, 6.45) is 1.51. The van der Waals surface area contributed by atoms with E-state index in [2.05, 4.69) is 9.71 Å². The predicted octanol–water partition coefficient (Wildman–Crippen LogP) is 1.64. The van der Waals surface area contributed by atoms with Gasteiger partial charge in [0, 0.05) is 11.9 Å². The zero-order chi connectivity index (χ0) is 14.8. The van der Waals surface area contributed by atoms with Crippen molar-refractivity contribution < 1.29 is 8.42 Å². The summed E-state index contributed by atoms with van der Waals surface area (Å²) in [5, 5.41) is 8.74. The van der Waals surface area contributed by atoms with Crippen LogP contribution in [-0.2, 0) is 10.0 Å². The van der Waals surface area contributed by atoms with Gasteiger partial charge in [-0.1, -0.05) is 0 Å². The van der Waals surface area contributed by atoms with Gasteiger partial charge < -0.3 is 5.73 Å². The summed E-state index contributed by atoms with van der Waals surface area (Å²) in [5.74, 6) is 0. The number of anilines is 2. The maximum Gasteiger partial charge on any atom is 0.263 e. The Kier molecular flexibility index (Phi) is 3.59. The van der Waals surface area contributed by atoms with Crippen molar-refractivity contribution in [3.63, 3.8) is 0 Å². The second-order valence-corrected chi connectivity index (χ2v) is 5.81. The molecule has 0 atom stereocenters. The molecule has 102 valence electrons. The van der Waals surface area contributed by atoms with E-state index in [1.165, 1.54) is 24.4 Å². The van der Waals surface area contributed by atoms with Crippen LogP contribution in [0.15, 0.2) is 41.4 Å². The van der Waals surface area contributed by atoms with E-state index in [1.807, 2.05) is 6.07 Å². The van der Waals surface area contributed by atoms with Crippen LogP contribution < -0.4 is 10.5 Å². The third kappa shape index (κ3) is 2.87. The molecule has 0 bridgehead atoms. The quantitative estimate of drug-likeness (QED) is 0.834. The van der Waals surface area contributed by atoms with Crippen molar-refractivity contribution in [3.8, 4) is 6.07 Å². The number of hydrogen-bond acceptors (Lipinski definition) is 5. The third-order valence-corrected chi connectivity index (χ3v) is 4.03. The minimum absolute atomic E-state index is 0.0299. The van der Waals surface area contributed by atoms with Crippen molar-refractivity contribution in [2.24, 2.45) is 0 Å². The fourth-order valence-electron chi connectivity index (χ4n) is 1.68. The van der Waals surface area contributed by atoms with E-state index >= 15 is 0 Å². The summed E-state index contributed by atoms with van der Waals surface area (Å²) in [5.41, 5.74) is 7.12. The SMILES string of the molecule is Cc1cc(NS(=O)(=O)c2ccc(C#N)cc2N)ccn1. The monoisotopic (exact) mass is 288 g/mol. The number of nitriles is 1. The first-order valence-electron chi connectivity index (χ1n) is 5.67. The number of hydrogen-bond donors (Lipinski definition) is 2. The Labute approximate surface area is 116 Å². The first-order chi connectivity index (χ1) is 9.42. The minimum atomic E-state index is -3.80. The van der Waals surface area contributed by atoms with E-state index < -0.39 is 10.0 Å². The van der Waals surface area contributed by atoms with Crippen LogP contribution in [0.5, 0.6) is 0 Å². The lowest BCUT2D eigenvalue weighted by Crippen LogP contribution is -2.15. The molecule has 2 aromatic rings. The molecule has 0 saturated carbocycles. The highest BCUT2D eigenvalue weighted by Gasteiger charge is 2.18. The smallest absolute Gasteiger partial charge is 0.263 e. The Morgan fingerprint density at radius 1 is 1.30 bits per heavy atom. The van der Waals surface area contributed by atoms with E-state index in [0.29, 0.717) is 16.9 Å². The van der Waals surface area contributed by atoms with E-state index in [1.54, 1.807) is 19.1 Å². The van der Waals surface area contributed by atoms with Gasteiger partial charge >= 0.3 is 0 Å². The van der Waals surface area contributed by atoms with Crippen molar-refractivity contribution >= 4 is 21.4 Å². The van der Waals surface area contributed by atoms with Gasteiger partial charge in [-0.25, -0.2) is 8.42 Å². The fourth-order valence-corrected chi connectivity index (χ4v) is 2.85. The second-order valence-electron chi connectivity index (χ2n) is 4.16. The highest BCUT2D eigenvalue weighted by atomic mass is 32.2. The highest BCUT2D eigenvalue weighted by molar-refractivity contribution is 7.92. The Hall–Kier alpha value is -2.59. The van der Waals surface area contributed by atoms with Crippen LogP contribution in [0.3, 0.4) is 0 Å². The Morgan fingerprint density at radius 3 is 2.65 bits per heavy atom. The van der Waals surface area contributed by atoms with Crippen LogP contribution in [0.4, 0.5) is 11.4 Å². The maximum absolute atomic E-state index is 12.2. The van der Waals surface area contributed by atoms with Gasteiger partial charge in [0.15, 0.2) is 0 Å². The molecule has 6 nitrogen and oxygen atoms in total. The van der Waals surface area contributed by atoms with Gasteiger partial charge in [0.25, 0.3) is 10.0 Å². The van der Waals surface area contributed by atoms with Crippen LogP contribution in [-0.4, -0.2) is 13.4 Å². The van der Waals surface area contributed by atoms with Crippen molar-refractivity contribution in [1.29, 1.82) is 5.26 Å². The Bertz CT molecular complexity index is 794. The van der Waals surface area contributed by atoms with Crippen LogP contribution >= 0.6 is 0 Å². The van der Waals surface area contributed by atoms with Gasteiger partial charge in [0.2, 0.25) is 0 Å². The molecule has 0 aliphatic heterocycles. The number of sulfonamides is 1. The summed E-state index contributed by atoms with van der Waals surface area (Å²) in [7, 11) is -3.80. The largest absolute Gasteiger partial charge is 0.398 e. The molecule has 0 unspecified atom stereocenters. The average molecular weight is 288 g/mol. The molecule has 0 aliphatic carbocycles. The maximum atomic E-state index is 12.2. The number of nitrogens with one attached hydrogen (secondary N) is 1. The van der Waals surface area contributed by atoms with E-state index in [-0.39, 0.29) is 10.6 Å². The zero-order valence-corrected chi connectivity index (χ0v) is 11.5. The number of aromatic nitrogens is 1. The third-order valence-electron chi connectivity index (χ3n) is 2.58. The molecule has 0 radical (unpaired) electrons. The van der Waals surface area contributed by atoms with E-state index in [0.717, 1.165) is 0 Å². The molecule has 20 heavy (non-hydrogen) atoms. The van der Waals surface area contributed by atoms with Gasteiger partial charge in [-0.3, -0.25) is 9.71 Å². The second kappa shape index (κ2) is 5.19. The molecular weight excluding hydrogens is 276 g/mol. The molecule has 2 rings (SSSR count). The molecule has 0 fully saturated rings. The standard InChI is InChI=1S/C13H12N4O2S/c1-9-6-11(4-5-16-9)17-20(18,19)13-3-2-10(8-14)7-12(13)15/h2-7H,15H2,1H3,(H,16,17). The number of rotatable bonds is 3. The summed E-state index contributed by atoms with van der Waals surface area (Å²) in [6, 6.07) is 9.10. The fraction of sp³-hybridized carbons (Fsp3) is 0.0769. The summed E-state index contributed by atoms with van der Waals surface area (Å²) in [6.45, 7) is 1.76. The lowest BCUT2D eigenvalue weighted by Gasteiger charge is -2.10. The van der Waals surface area contributed by atoms with Gasteiger partial charge in [0.05, 0.1) is 23.0 Å². The van der Waals surface area contributed by atoms with Crippen LogP contribution in [0.1, 0.15) is 11.3 Å². The topological polar surface area (TPSA) is 109 Å². The van der Waals surface area contributed by atoms with E-state index in [4.69, 9.17) is 11.0 Å². The molecule has 3 N–H and O–H groups in total. The predicted molar refractivity (Wildman–Crippen MR) is 75.4 cm³/mol. The van der Waals surface area contributed by atoms with Crippen LogP contribution in [0, 0.1) is 18.3 Å². The zero-order valence-electron chi connectivity index (χ0n) is 10.7. The molecule has 0 spiro atoms. The number of pyridine rings is 1. The number of aryl methyl sites for hydroxylation is 1. The number of nitrogens with zero attached hydrogens (tertiary/aromatic N) is 2. The van der Waals surface area contributed by atoms with Crippen molar-refractivity contribution in [3.05, 3.63) is 47.8 Å². The first-order valence-corrected chi connectivity index (χ1v) is 7.16. The molecule has 7 heteroatoms. The molecule has 1 aromatic carbocycles. The minimum Gasteiger partial charge on any atom is -0.398 e. The molecule has 1 heterocycles. The molecule has 0 aliphatic rings. The summed E-state index contributed by atoms with van der Waals surface area (Å²) >= 11 is 0.